The van der Waals surface area contributed by atoms with Crippen LogP contribution in [0.1, 0.15) is 41.0 Å². The van der Waals surface area contributed by atoms with Gasteiger partial charge in [0.05, 0.1) is 11.4 Å². The molecule has 0 amide bonds. The van der Waals surface area contributed by atoms with Crippen molar-refractivity contribution in [2.45, 2.75) is 52.6 Å². The summed E-state index contributed by atoms with van der Waals surface area (Å²) in [5.74, 6) is 0. The van der Waals surface area contributed by atoms with Crippen molar-refractivity contribution in [3.8, 4) is 0 Å². The van der Waals surface area contributed by atoms with Crippen LogP contribution in [0.2, 0.25) is 0 Å². The van der Waals surface area contributed by atoms with Crippen molar-refractivity contribution in [1.82, 2.24) is 0 Å². The van der Waals surface area contributed by atoms with E-state index in [2.05, 4.69) is 129 Å². The zero-order valence-corrected chi connectivity index (χ0v) is 17.8. The van der Waals surface area contributed by atoms with E-state index in [1.54, 1.807) is 0 Å². The summed E-state index contributed by atoms with van der Waals surface area (Å²) in [5.41, 5.74) is 4.84. The molecule has 2 heteroatoms. The molecule has 0 spiro atoms. The molecule has 28 heavy (non-hydrogen) atoms. The van der Waals surface area contributed by atoms with E-state index in [-0.39, 0.29) is 5.54 Å². The van der Waals surface area contributed by atoms with Gasteiger partial charge in [-0.2, -0.15) is 0 Å². The Labute approximate surface area is 170 Å². The molecule has 0 saturated carbocycles. The minimum Gasteiger partial charge on any atom is -0.337 e. The van der Waals surface area contributed by atoms with Crippen molar-refractivity contribution >= 4 is 22.7 Å². The van der Waals surface area contributed by atoms with E-state index in [4.69, 9.17) is 0 Å². The van der Waals surface area contributed by atoms with Crippen LogP contribution in [0.15, 0.2) is 84.9 Å². The van der Waals surface area contributed by atoms with Gasteiger partial charge in [0.25, 0.3) is 0 Å². The van der Waals surface area contributed by atoms with Crippen LogP contribution < -0.4 is 9.80 Å². The Morgan fingerprint density at radius 1 is 0.679 bits per heavy atom. The van der Waals surface area contributed by atoms with Crippen molar-refractivity contribution in [2.75, 3.05) is 9.80 Å². The molecule has 0 saturated heterocycles. The summed E-state index contributed by atoms with van der Waals surface area (Å²) in [6.45, 7) is 11.4. The lowest BCUT2D eigenvalue weighted by Gasteiger charge is -2.42. The predicted molar refractivity (Wildman–Crippen MR) is 123 cm³/mol. The third-order valence-electron chi connectivity index (χ3n) is 5.13. The molecule has 0 N–H and O–H groups in total. The van der Waals surface area contributed by atoms with Crippen LogP contribution in [0.5, 0.6) is 0 Å². The first-order valence-electron chi connectivity index (χ1n) is 10.2. The molecule has 0 radical (unpaired) electrons. The molecule has 3 rings (SSSR count). The highest BCUT2D eigenvalue weighted by Crippen LogP contribution is 2.42. The molecule has 0 aromatic heterocycles. The lowest BCUT2D eigenvalue weighted by molar-refractivity contribution is 0.559. The van der Waals surface area contributed by atoms with Crippen LogP contribution >= 0.6 is 0 Å². The van der Waals surface area contributed by atoms with Gasteiger partial charge < -0.3 is 9.80 Å². The number of anilines is 4. The summed E-state index contributed by atoms with van der Waals surface area (Å²) in [7, 11) is 0. The fourth-order valence-electron chi connectivity index (χ4n) is 3.72. The van der Waals surface area contributed by atoms with Gasteiger partial charge in [-0.3, -0.25) is 0 Å². The van der Waals surface area contributed by atoms with Gasteiger partial charge in [-0.1, -0.05) is 55.5 Å². The zero-order valence-electron chi connectivity index (χ0n) is 17.8. The van der Waals surface area contributed by atoms with Gasteiger partial charge in [-0.15, -0.1) is 0 Å². The molecule has 1 atom stereocenters. The average Bonchev–Trinajstić information content (AvgIpc) is 2.70. The van der Waals surface area contributed by atoms with Crippen LogP contribution in [-0.4, -0.2) is 11.6 Å². The summed E-state index contributed by atoms with van der Waals surface area (Å²) in [6, 6.07) is 30.6. The van der Waals surface area contributed by atoms with Crippen LogP contribution in [0, 0.1) is 0 Å². The SMILES string of the molecule is CC[C@@H](C)N(c1ccccc1)c1ccccc1N(c1ccccc1)C(C)(C)C. The third-order valence-corrected chi connectivity index (χ3v) is 5.13. The Morgan fingerprint density at radius 3 is 1.64 bits per heavy atom. The predicted octanol–water partition coefficient (Wildman–Crippen LogP) is 7.56. The summed E-state index contributed by atoms with van der Waals surface area (Å²) in [6.07, 6.45) is 1.07. The standard InChI is InChI=1S/C26H32N2/c1-6-21(2)27(22-15-9-7-10-16-22)24-19-13-14-20-25(24)28(26(3,4)5)23-17-11-8-12-18-23/h7-21H,6H2,1-5H3/t21-/m1/s1. The van der Waals surface area contributed by atoms with Crippen LogP contribution in [0.4, 0.5) is 22.7 Å². The molecule has 3 aromatic carbocycles. The highest BCUT2D eigenvalue weighted by molar-refractivity contribution is 5.82. The fourth-order valence-corrected chi connectivity index (χ4v) is 3.72. The lowest BCUT2D eigenvalue weighted by atomic mass is 10.0. The van der Waals surface area contributed by atoms with Crippen LogP contribution in [0.25, 0.3) is 0 Å². The molecule has 0 heterocycles. The fraction of sp³-hybridized carbons (Fsp3) is 0.308. The normalized spacial score (nSPS) is 12.5. The van der Waals surface area contributed by atoms with E-state index in [0.717, 1.165) is 6.42 Å². The van der Waals surface area contributed by atoms with E-state index in [1.807, 2.05) is 0 Å². The Hall–Kier alpha value is -2.74. The zero-order chi connectivity index (χ0) is 20.1. The van der Waals surface area contributed by atoms with E-state index < -0.39 is 0 Å². The summed E-state index contributed by atoms with van der Waals surface area (Å²) in [4.78, 5) is 4.91. The Kier molecular flexibility index (Phi) is 6.08. The smallest absolute Gasteiger partial charge is 0.0657 e. The molecule has 0 bridgehead atoms. The van der Waals surface area contributed by atoms with Gasteiger partial charge in [0.2, 0.25) is 0 Å². The van der Waals surface area contributed by atoms with Gasteiger partial charge in [0.1, 0.15) is 0 Å². The van der Waals surface area contributed by atoms with Crippen molar-refractivity contribution in [1.29, 1.82) is 0 Å². The number of hydrogen-bond acceptors (Lipinski definition) is 2. The molecular formula is C26H32N2. The Morgan fingerprint density at radius 2 is 1.14 bits per heavy atom. The van der Waals surface area contributed by atoms with E-state index in [1.165, 1.54) is 22.7 Å². The molecule has 0 aliphatic heterocycles. The molecule has 2 nitrogen and oxygen atoms in total. The number of benzene rings is 3. The minimum absolute atomic E-state index is 0.0603. The highest BCUT2D eigenvalue weighted by Gasteiger charge is 2.28. The molecule has 0 fully saturated rings. The number of rotatable bonds is 6. The summed E-state index contributed by atoms with van der Waals surface area (Å²) < 4.78 is 0. The first kappa shape index (κ1) is 20.0. The Bertz CT molecular complexity index is 866. The summed E-state index contributed by atoms with van der Waals surface area (Å²) >= 11 is 0. The molecular weight excluding hydrogens is 340 g/mol. The van der Waals surface area contributed by atoms with E-state index in [0.29, 0.717) is 6.04 Å². The molecule has 3 aromatic rings. The van der Waals surface area contributed by atoms with E-state index >= 15 is 0 Å². The minimum atomic E-state index is -0.0603. The molecule has 0 aliphatic carbocycles. The number of para-hydroxylation sites is 4. The monoisotopic (exact) mass is 372 g/mol. The second-order valence-corrected chi connectivity index (χ2v) is 8.29. The van der Waals surface area contributed by atoms with Gasteiger partial charge in [0, 0.05) is 23.0 Å². The van der Waals surface area contributed by atoms with Gasteiger partial charge in [0.15, 0.2) is 0 Å². The maximum absolute atomic E-state index is 2.47. The molecule has 146 valence electrons. The maximum Gasteiger partial charge on any atom is 0.0657 e. The summed E-state index contributed by atoms with van der Waals surface area (Å²) in [5, 5.41) is 0. The average molecular weight is 373 g/mol. The maximum atomic E-state index is 2.47. The lowest BCUT2D eigenvalue weighted by Crippen LogP contribution is -2.39. The second-order valence-electron chi connectivity index (χ2n) is 8.29. The van der Waals surface area contributed by atoms with Crippen LogP contribution in [0.3, 0.4) is 0 Å². The number of nitrogens with zero attached hydrogens (tertiary/aromatic N) is 2. The first-order chi connectivity index (χ1) is 13.4. The quantitative estimate of drug-likeness (QED) is 0.440. The van der Waals surface area contributed by atoms with E-state index in [9.17, 15) is 0 Å². The van der Waals surface area contributed by atoms with Crippen molar-refractivity contribution < 1.29 is 0 Å². The largest absolute Gasteiger partial charge is 0.337 e. The Balaban J connectivity index is 2.20. The van der Waals surface area contributed by atoms with Gasteiger partial charge in [-0.05, 0) is 70.5 Å². The molecule has 0 unspecified atom stereocenters. The first-order valence-corrected chi connectivity index (χ1v) is 10.2. The topological polar surface area (TPSA) is 6.48 Å². The van der Waals surface area contributed by atoms with Crippen LogP contribution in [-0.2, 0) is 0 Å². The highest BCUT2D eigenvalue weighted by atomic mass is 15.2. The van der Waals surface area contributed by atoms with Crippen molar-refractivity contribution in [3.63, 3.8) is 0 Å². The molecule has 0 aliphatic rings. The van der Waals surface area contributed by atoms with Crippen molar-refractivity contribution in [3.05, 3.63) is 84.9 Å². The van der Waals surface area contributed by atoms with Crippen molar-refractivity contribution in [2.24, 2.45) is 0 Å². The second kappa shape index (κ2) is 8.52. The van der Waals surface area contributed by atoms with Gasteiger partial charge >= 0.3 is 0 Å². The van der Waals surface area contributed by atoms with Gasteiger partial charge in [-0.25, -0.2) is 0 Å². The number of hydrogen-bond donors (Lipinski definition) is 0. The third kappa shape index (κ3) is 4.22.